The summed E-state index contributed by atoms with van der Waals surface area (Å²) >= 11 is 10.3. The first-order valence-electron chi connectivity index (χ1n) is 32.9. The average Bonchev–Trinajstić information content (AvgIpc) is 1.86. The standard InChI is InChI=1S/C12H16BN2O2S.C12H17NOS.C11H10N2OS.C10H15NOS.2C9H11NOS.C8H8N4OS/c1-9-7-14-12(18-9)11(17)6-10-2-4-15(5-3-10)13-8-16;1-9-8-13-12(15-9)11(14)7-10-5-3-2-4-6-10;1-8-7-13-11(15-8)10(14)6-9-2-4-12-5-3-9;1-7-6-11-9(13-7)8(12)5-10(2,3)4;1-6-5-10-9(12-6)8(11)4-7-2-3-7;1-3-4-5-8(11)9-10-6-7(2)12-9;1-5-3-9-8(14-5)6(13)2-7-10-4-11-12-7/h7-8,10H,2-6H2,1H3;8,10H,2-7H2,1H3;2-5,7H,6H2,1H3;6H,5H2,1-4H3;5,7H,2-4H2,1H3;3,6H,1,4-5H2,2H3;3-4H,2H2,1H3,(H,10,11,12). The van der Waals surface area contributed by atoms with Gasteiger partial charge in [0, 0.05) is 128 Å². The van der Waals surface area contributed by atoms with Crippen LogP contribution in [0.15, 0.2) is 86.9 Å². The zero-order valence-corrected chi connectivity index (χ0v) is 63.8. The summed E-state index contributed by atoms with van der Waals surface area (Å²) in [7, 11) is 1.59. The fourth-order valence-electron chi connectivity index (χ4n) is 9.74. The molecule has 525 valence electrons. The second-order valence-corrected chi connectivity index (χ2v) is 34.1. The van der Waals surface area contributed by atoms with Gasteiger partial charge in [0.15, 0.2) is 75.5 Å². The molecule has 9 aromatic heterocycles. The Bertz CT molecular complexity index is 3990. The third-order valence-corrected chi connectivity index (χ3v) is 21.6. The van der Waals surface area contributed by atoms with Crippen LogP contribution >= 0.6 is 79.4 Å². The summed E-state index contributed by atoms with van der Waals surface area (Å²) in [5, 5.41) is 10.7. The lowest BCUT2D eigenvalue weighted by Crippen LogP contribution is -2.37. The van der Waals surface area contributed by atoms with Crippen molar-refractivity contribution in [3.63, 3.8) is 0 Å². The number of piperidine rings is 1. The highest BCUT2D eigenvalue weighted by molar-refractivity contribution is 7.15. The van der Waals surface area contributed by atoms with Gasteiger partial charge in [-0.1, -0.05) is 59.0 Å². The molecule has 20 nitrogen and oxygen atoms in total. The van der Waals surface area contributed by atoms with Gasteiger partial charge >= 0.3 is 0 Å². The van der Waals surface area contributed by atoms with Crippen LogP contribution in [-0.4, -0.2) is 127 Å². The van der Waals surface area contributed by atoms with Gasteiger partial charge in [0.05, 0.1) is 12.6 Å². The van der Waals surface area contributed by atoms with E-state index in [2.05, 4.69) is 82.4 Å². The number of rotatable bonds is 23. The number of thiazole rings is 7. The maximum Gasteiger partial charge on any atom is 0.293 e. The molecule has 1 N–H and O–H groups in total. The van der Waals surface area contributed by atoms with Crippen molar-refractivity contribution < 1.29 is 38.4 Å². The lowest BCUT2D eigenvalue weighted by atomic mass is 9.85. The number of pyridine rings is 1. The van der Waals surface area contributed by atoms with Crippen LogP contribution in [-0.2, 0) is 17.6 Å². The average molecular weight is 1470 g/mol. The van der Waals surface area contributed by atoms with E-state index >= 15 is 0 Å². The molecular formula is C71H88BN12O8S7. The maximum absolute atomic E-state index is 12.0. The molecule has 0 bridgehead atoms. The van der Waals surface area contributed by atoms with E-state index in [1.807, 2.05) is 65.4 Å². The van der Waals surface area contributed by atoms with Gasteiger partial charge in [-0.15, -0.1) is 85.9 Å². The number of hydrogen-bond donors (Lipinski definition) is 1. The number of H-pyrrole nitrogens is 1. The molecule has 3 aliphatic rings. The Labute approximate surface area is 609 Å². The number of ketones is 7. The number of allylic oxidation sites excluding steroid dienone is 1. The Hall–Kier alpha value is -7.18. The number of hydrogen-bond acceptors (Lipinski definition) is 26. The molecule has 9 aromatic rings. The van der Waals surface area contributed by atoms with Crippen molar-refractivity contribution in [2.45, 2.75) is 178 Å². The number of Topliss-reactive ketones (excluding diaryl/α,β-unsaturated/α-hetero) is 7. The van der Waals surface area contributed by atoms with E-state index in [-0.39, 0.29) is 52.3 Å². The fraction of sp³-hybridized carbons (Fsp3) is 0.465. The van der Waals surface area contributed by atoms with E-state index in [1.165, 1.54) is 131 Å². The normalized spacial score (nSPS) is 13.6. The number of nitrogens with zero attached hydrogens (tertiary/aromatic N) is 11. The van der Waals surface area contributed by atoms with E-state index in [0.717, 1.165) is 78.2 Å². The first kappa shape index (κ1) is 80.8. The molecule has 2 aliphatic carbocycles. The fourth-order valence-corrected chi connectivity index (χ4v) is 14.7. The van der Waals surface area contributed by atoms with Crippen molar-refractivity contribution in [3.8, 4) is 0 Å². The number of nitrogens with one attached hydrogen (secondary N) is 1. The number of carbonyl (C=O) groups excluding carboxylic acids is 8. The van der Waals surface area contributed by atoms with Gasteiger partial charge in [0.2, 0.25) is 0 Å². The van der Waals surface area contributed by atoms with Gasteiger partial charge in [-0.25, -0.2) is 39.9 Å². The lowest BCUT2D eigenvalue weighted by molar-refractivity contribution is 0.0932. The molecule has 1 saturated heterocycles. The highest BCUT2D eigenvalue weighted by atomic mass is 32.1. The molecule has 0 atom stereocenters. The Morgan fingerprint density at radius 1 is 0.495 bits per heavy atom. The van der Waals surface area contributed by atoms with Crippen LogP contribution in [0.25, 0.3) is 0 Å². The third-order valence-electron chi connectivity index (χ3n) is 15.0. The molecule has 1 radical (unpaired) electrons. The molecule has 99 heavy (non-hydrogen) atoms. The van der Waals surface area contributed by atoms with E-state index in [9.17, 15) is 38.4 Å². The zero-order valence-electron chi connectivity index (χ0n) is 58.1. The molecule has 0 amide bonds. The summed E-state index contributed by atoms with van der Waals surface area (Å²) in [6, 6.07) is 3.69. The van der Waals surface area contributed by atoms with Crippen LogP contribution in [0, 0.1) is 71.6 Å². The van der Waals surface area contributed by atoms with E-state index in [4.69, 9.17) is 0 Å². The highest BCUT2D eigenvalue weighted by Crippen LogP contribution is 2.34. The van der Waals surface area contributed by atoms with Gasteiger partial charge < -0.3 is 9.61 Å². The van der Waals surface area contributed by atoms with Crippen LogP contribution in [0.2, 0.25) is 0 Å². The summed E-state index contributed by atoms with van der Waals surface area (Å²) in [6.07, 6.45) is 34.8. The van der Waals surface area contributed by atoms with Crippen LogP contribution in [0.4, 0.5) is 0 Å². The molecular weight excluding hydrogens is 1380 g/mol. The van der Waals surface area contributed by atoms with Crippen molar-refractivity contribution in [1.82, 2.24) is 59.9 Å². The molecule has 0 unspecified atom stereocenters. The molecule has 10 heterocycles. The highest BCUT2D eigenvalue weighted by Gasteiger charge is 2.27. The second kappa shape index (κ2) is 42.2. The molecule has 12 rings (SSSR count). The van der Waals surface area contributed by atoms with Crippen LogP contribution in [0.3, 0.4) is 0 Å². The molecule has 3 fully saturated rings. The first-order valence-corrected chi connectivity index (χ1v) is 38.6. The molecule has 1 aliphatic heterocycles. The van der Waals surface area contributed by atoms with Gasteiger partial charge in [-0.05, 0) is 135 Å². The number of aromatic amines is 1. The predicted octanol–water partition coefficient (Wildman–Crippen LogP) is 16.5. The SMILES string of the molecule is C=CCCC(=O)c1ncc(C)s1.Cc1cnc(C(=O)CC(C)(C)C)s1.Cc1cnc(C(=O)CC2CC2)s1.Cc1cnc(C(=O)CC2CCCCC2)s1.Cc1cnc(C(=O)CC2CCN([B]C=O)CC2)s1.Cc1cnc(C(=O)Cc2ccncc2)s1.Cc1cnc(C(=O)Cc2ncn[nH]2)s1. The Kier molecular flexibility index (Phi) is 34.4. The van der Waals surface area contributed by atoms with Gasteiger partial charge in [-0.2, -0.15) is 5.10 Å². The summed E-state index contributed by atoms with van der Waals surface area (Å²) in [5.74, 6) is 3.25. The third kappa shape index (κ3) is 31.1. The summed E-state index contributed by atoms with van der Waals surface area (Å²) in [4.78, 5) is 138. The van der Waals surface area contributed by atoms with Crippen LogP contribution in [0.5, 0.6) is 0 Å². The van der Waals surface area contributed by atoms with Gasteiger partial charge in [-0.3, -0.25) is 43.6 Å². The van der Waals surface area contributed by atoms with Crippen molar-refractivity contribution in [1.29, 1.82) is 0 Å². The van der Waals surface area contributed by atoms with Gasteiger partial charge in [0.25, 0.3) is 7.41 Å². The quantitative estimate of drug-likeness (QED) is 0.0269. The smallest absolute Gasteiger partial charge is 0.293 e. The first-order chi connectivity index (χ1) is 47.3. The van der Waals surface area contributed by atoms with Crippen LogP contribution in [0.1, 0.15) is 231 Å². The summed E-state index contributed by atoms with van der Waals surface area (Å²) < 4.78 is 0. The van der Waals surface area contributed by atoms with E-state index in [1.54, 1.807) is 69.3 Å². The maximum atomic E-state index is 12.0. The molecule has 0 spiro atoms. The monoisotopic (exact) mass is 1470 g/mol. The Morgan fingerprint density at radius 2 is 0.859 bits per heavy atom. The van der Waals surface area contributed by atoms with Crippen molar-refractivity contribution in [2.75, 3.05) is 13.1 Å². The summed E-state index contributed by atoms with van der Waals surface area (Å²) in [5.41, 5.74) is 1.03. The largest absolute Gasteiger partial charge is 0.340 e. The van der Waals surface area contributed by atoms with Crippen molar-refractivity contribution >= 4 is 133 Å². The van der Waals surface area contributed by atoms with Crippen molar-refractivity contribution in [3.05, 3.63) is 167 Å². The topological polar surface area (TPSA) is 284 Å². The minimum Gasteiger partial charge on any atom is -0.340 e. The Morgan fingerprint density at radius 3 is 1.20 bits per heavy atom. The number of carbonyl (C=O) groups is 8. The van der Waals surface area contributed by atoms with Crippen molar-refractivity contribution in [2.24, 2.45) is 23.2 Å². The molecule has 2 saturated carbocycles. The lowest BCUT2D eigenvalue weighted by Gasteiger charge is -2.29. The minimum atomic E-state index is -0.0279. The number of aryl methyl sites for hydroxylation is 7. The minimum absolute atomic E-state index is 0.0279. The number of aromatic nitrogens is 11. The predicted molar refractivity (Wildman–Crippen MR) is 400 cm³/mol. The molecule has 28 heteroatoms. The van der Waals surface area contributed by atoms with E-state index < -0.39 is 0 Å². The van der Waals surface area contributed by atoms with Gasteiger partial charge in [0.1, 0.15) is 12.2 Å². The second-order valence-electron chi connectivity index (χ2n) is 25.4. The molecule has 0 aromatic carbocycles. The van der Waals surface area contributed by atoms with E-state index in [0.29, 0.717) is 97.2 Å². The summed E-state index contributed by atoms with van der Waals surface area (Å²) in [6.45, 7) is 25.2. The van der Waals surface area contributed by atoms with Crippen LogP contribution < -0.4 is 0 Å². The Balaban J connectivity index is 0.000000183. The zero-order chi connectivity index (χ0) is 71.9.